The van der Waals surface area contributed by atoms with Gasteiger partial charge in [0.25, 0.3) is 0 Å². The topological polar surface area (TPSA) is 56.7 Å². The van der Waals surface area contributed by atoms with E-state index in [0.29, 0.717) is 17.5 Å². The Morgan fingerprint density at radius 1 is 0.345 bits per heavy atom. The van der Waals surface area contributed by atoms with Crippen molar-refractivity contribution in [3.8, 4) is 51.0 Å². The van der Waals surface area contributed by atoms with Crippen LogP contribution in [0.25, 0.3) is 116 Å². The van der Waals surface area contributed by atoms with Crippen LogP contribution in [0.4, 0.5) is 0 Å². The monoisotopic (exact) mass is 740 g/mol. The molecule has 12 aromatic rings. The van der Waals surface area contributed by atoms with Crippen molar-refractivity contribution in [1.29, 1.82) is 0 Å². The normalized spacial score (nSPS) is 11.8. The predicted octanol–water partition coefficient (Wildman–Crippen LogP) is 13.8. The number of furan rings is 1. The second kappa shape index (κ2) is 12.8. The quantitative estimate of drug-likeness (QED) is 0.176. The van der Waals surface area contributed by atoms with Crippen LogP contribution in [0.1, 0.15) is 0 Å². The molecule has 270 valence electrons. The molecule has 0 N–H and O–H groups in total. The Balaban J connectivity index is 1.16. The van der Waals surface area contributed by atoms with E-state index in [1.807, 2.05) is 48.5 Å². The number of hydrogen-bond acceptors (Lipinski definition) is 4. The first-order chi connectivity index (χ1) is 28.7. The highest BCUT2D eigenvalue weighted by molar-refractivity contribution is 6.28. The van der Waals surface area contributed by atoms with Crippen LogP contribution in [0, 0.1) is 0 Å². The zero-order valence-electron chi connectivity index (χ0n) is 31.2. The van der Waals surface area contributed by atoms with Crippen LogP contribution in [0.3, 0.4) is 0 Å². The zero-order valence-corrected chi connectivity index (χ0v) is 31.2. The Morgan fingerprint density at radius 3 is 1.47 bits per heavy atom. The van der Waals surface area contributed by atoms with Crippen molar-refractivity contribution in [3.63, 3.8) is 0 Å². The fourth-order valence-corrected chi connectivity index (χ4v) is 8.76. The van der Waals surface area contributed by atoms with Crippen LogP contribution in [-0.2, 0) is 0 Å². The van der Waals surface area contributed by atoms with E-state index in [9.17, 15) is 0 Å². The third-order valence-electron chi connectivity index (χ3n) is 11.4. The number of fused-ring (bicyclic) bond motifs is 10. The summed E-state index contributed by atoms with van der Waals surface area (Å²) in [5, 5.41) is 9.28. The molecule has 0 amide bonds. The van der Waals surface area contributed by atoms with Gasteiger partial charge in [0.05, 0.1) is 16.7 Å². The molecule has 0 aliphatic rings. The van der Waals surface area contributed by atoms with Crippen LogP contribution < -0.4 is 0 Å². The molecule has 5 heteroatoms. The first-order valence-corrected chi connectivity index (χ1v) is 19.5. The standard InChI is InChI=1S/C53H32N4O/c1-3-13-33(14-4-1)34-23-25-38(26-24-34)52-54-51(37-17-5-2-6-18-37)55-53(56-52)43-31-39(32-47-48(43)42-21-11-12-22-46(42)58-47)57-44-29-27-35-15-7-9-19-40(35)49(44)50-41-20-10-8-16-36(41)28-30-45(50)57/h1-32H. The lowest BCUT2D eigenvalue weighted by molar-refractivity contribution is 0.668. The smallest absolute Gasteiger partial charge is 0.164 e. The summed E-state index contributed by atoms with van der Waals surface area (Å²) < 4.78 is 9.10. The first kappa shape index (κ1) is 32.4. The molecule has 0 unspecified atom stereocenters. The minimum Gasteiger partial charge on any atom is -0.456 e. The molecule has 9 aromatic carbocycles. The van der Waals surface area contributed by atoms with Gasteiger partial charge in [-0.1, -0.05) is 164 Å². The van der Waals surface area contributed by atoms with E-state index < -0.39 is 0 Å². The number of nitrogens with zero attached hydrogens (tertiary/aromatic N) is 4. The predicted molar refractivity (Wildman–Crippen MR) is 238 cm³/mol. The maximum atomic E-state index is 6.72. The fourth-order valence-electron chi connectivity index (χ4n) is 8.76. The maximum absolute atomic E-state index is 6.72. The van der Waals surface area contributed by atoms with Crippen LogP contribution in [0.15, 0.2) is 199 Å². The van der Waals surface area contributed by atoms with Gasteiger partial charge in [-0.15, -0.1) is 0 Å². The molecule has 5 nitrogen and oxygen atoms in total. The van der Waals surface area contributed by atoms with Crippen molar-refractivity contribution in [3.05, 3.63) is 194 Å². The molecule has 0 radical (unpaired) electrons. The van der Waals surface area contributed by atoms with Gasteiger partial charge in [-0.05, 0) is 56.9 Å². The van der Waals surface area contributed by atoms with E-state index in [2.05, 4.69) is 150 Å². The number of aromatic nitrogens is 4. The molecule has 58 heavy (non-hydrogen) atoms. The van der Waals surface area contributed by atoms with E-state index in [1.54, 1.807) is 0 Å². The van der Waals surface area contributed by atoms with Crippen molar-refractivity contribution >= 4 is 65.3 Å². The number of benzene rings is 9. The minimum atomic E-state index is 0.575. The Kier molecular flexibility index (Phi) is 7.16. The number of hydrogen-bond donors (Lipinski definition) is 0. The largest absolute Gasteiger partial charge is 0.456 e. The van der Waals surface area contributed by atoms with E-state index in [1.165, 1.54) is 32.3 Å². The lowest BCUT2D eigenvalue weighted by atomic mass is 10.00. The van der Waals surface area contributed by atoms with Crippen molar-refractivity contribution in [2.24, 2.45) is 0 Å². The third-order valence-corrected chi connectivity index (χ3v) is 11.4. The third kappa shape index (κ3) is 5.07. The lowest BCUT2D eigenvalue weighted by Gasteiger charge is -2.13. The van der Waals surface area contributed by atoms with Crippen LogP contribution in [0.5, 0.6) is 0 Å². The summed E-state index contributed by atoms with van der Waals surface area (Å²) in [6.07, 6.45) is 0. The van der Waals surface area contributed by atoms with Crippen molar-refractivity contribution in [1.82, 2.24) is 19.5 Å². The van der Waals surface area contributed by atoms with E-state index in [4.69, 9.17) is 19.4 Å². The van der Waals surface area contributed by atoms with Crippen LogP contribution in [-0.4, -0.2) is 19.5 Å². The molecule has 0 atom stereocenters. The SMILES string of the molecule is c1ccc(-c2ccc(-c3nc(-c4ccccc4)nc(-c4cc(-n5c6ccc7ccccc7c6c6c7ccccc7ccc65)cc5oc6ccccc6c45)n3)cc2)cc1. The molecule has 3 heterocycles. The molecule has 0 aliphatic heterocycles. The molecule has 0 bridgehead atoms. The molecule has 0 saturated heterocycles. The summed E-state index contributed by atoms with van der Waals surface area (Å²) in [6, 6.07) is 67.9. The van der Waals surface area contributed by atoms with Gasteiger partial charge >= 0.3 is 0 Å². The Morgan fingerprint density at radius 2 is 0.828 bits per heavy atom. The van der Waals surface area contributed by atoms with Gasteiger partial charge in [0.15, 0.2) is 17.5 Å². The molecular weight excluding hydrogens is 709 g/mol. The summed E-state index contributed by atoms with van der Waals surface area (Å²) in [7, 11) is 0. The van der Waals surface area contributed by atoms with E-state index in [0.717, 1.165) is 66.5 Å². The highest BCUT2D eigenvalue weighted by atomic mass is 16.3. The van der Waals surface area contributed by atoms with Gasteiger partial charge in [0.1, 0.15) is 11.2 Å². The second-order valence-electron chi connectivity index (χ2n) is 14.8. The maximum Gasteiger partial charge on any atom is 0.164 e. The van der Waals surface area contributed by atoms with Gasteiger partial charge in [0, 0.05) is 44.3 Å². The average Bonchev–Trinajstić information content (AvgIpc) is 3.85. The minimum absolute atomic E-state index is 0.575. The van der Waals surface area contributed by atoms with Gasteiger partial charge in [0.2, 0.25) is 0 Å². The Labute approximate surface area is 333 Å². The molecule has 0 spiro atoms. The van der Waals surface area contributed by atoms with Crippen LogP contribution >= 0.6 is 0 Å². The van der Waals surface area contributed by atoms with Crippen molar-refractivity contribution in [2.45, 2.75) is 0 Å². The van der Waals surface area contributed by atoms with E-state index in [-0.39, 0.29) is 0 Å². The van der Waals surface area contributed by atoms with Gasteiger partial charge < -0.3 is 8.98 Å². The van der Waals surface area contributed by atoms with Crippen molar-refractivity contribution in [2.75, 3.05) is 0 Å². The summed E-state index contributed by atoms with van der Waals surface area (Å²) in [5.41, 5.74) is 9.76. The molecule has 0 aliphatic carbocycles. The molecule has 12 rings (SSSR count). The Bertz CT molecular complexity index is 3460. The first-order valence-electron chi connectivity index (χ1n) is 19.5. The zero-order chi connectivity index (χ0) is 38.2. The van der Waals surface area contributed by atoms with Crippen LogP contribution in [0.2, 0.25) is 0 Å². The van der Waals surface area contributed by atoms with Gasteiger partial charge in [-0.25, -0.2) is 15.0 Å². The highest BCUT2D eigenvalue weighted by Crippen LogP contribution is 2.44. The summed E-state index contributed by atoms with van der Waals surface area (Å²) in [5.74, 6) is 1.78. The van der Waals surface area contributed by atoms with E-state index >= 15 is 0 Å². The average molecular weight is 741 g/mol. The summed E-state index contributed by atoms with van der Waals surface area (Å²) >= 11 is 0. The lowest BCUT2D eigenvalue weighted by Crippen LogP contribution is -2.01. The van der Waals surface area contributed by atoms with Crippen molar-refractivity contribution < 1.29 is 4.42 Å². The van der Waals surface area contributed by atoms with Gasteiger partial charge in [-0.3, -0.25) is 0 Å². The number of rotatable bonds is 5. The molecule has 0 fully saturated rings. The highest BCUT2D eigenvalue weighted by Gasteiger charge is 2.23. The second-order valence-corrected chi connectivity index (χ2v) is 14.8. The summed E-state index contributed by atoms with van der Waals surface area (Å²) in [6.45, 7) is 0. The van der Waals surface area contributed by atoms with Gasteiger partial charge in [-0.2, -0.15) is 0 Å². The Hall–Kier alpha value is -7.89. The number of para-hydroxylation sites is 1. The fraction of sp³-hybridized carbons (Fsp3) is 0. The molecule has 3 aromatic heterocycles. The molecule has 0 saturated carbocycles. The summed E-state index contributed by atoms with van der Waals surface area (Å²) in [4.78, 5) is 15.6. The molecular formula is C53H32N4O.